The van der Waals surface area contributed by atoms with Crippen molar-refractivity contribution in [1.29, 1.82) is 0 Å². The molecular weight excluding hydrogens is 233 g/mol. The second-order valence-corrected chi connectivity index (χ2v) is 4.18. The molecule has 0 aromatic heterocycles. The molecule has 0 fully saturated rings. The zero-order valence-electron chi connectivity index (χ0n) is 9.08. The Bertz CT molecular complexity index is 396. The van der Waals surface area contributed by atoms with Gasteiger partial charge in [0.15, 0.2) is 0 Å². The van der Waals surface area contributed by atoms with Crippen LogP contribution in [0.2, 0.25) is 5.02 Å². The molecule has 1 atom stereocenters. The quantitative estimate of drug-likeness (QED) is 0.886. The zero-order chi connectivity index (χ0) is 12.3. The Hall–Kier alpha value is -1.13. The van der Waals surface area contributed by atoms with Gasteiger partial charge in [0, 0.05) is 16.6 Å². The van der Waals surface area contributed by atoms with Gasteiger partial charge in [-0.1, -0.05) is 17.7 Å². The number of benzene rings is 1. The highest BCUT2D eigenvalue weighted by atomic mass is 35.5. The second-order valence-electron chi connectivity index (χ2n) is 3.74. The highest BCUT2D eigenvalue weighted by Gasteiger charge is 2.21. The molecule has 0 heterocycles. The van der Waals surface area contributed by atoms with Gasteiger partial charge < -0.3 is 10.0 Å². The van der Waals surface area contributed by atoms with Gasteiger partial charge in [-0.15, -0.1) is 0 Å². The van der Waals surface area contributed by atoms with Crippen LogP contribution in [0.4, 0.5) is 4.39 Å². The maximum Gasteiger partial charge on any atom is 0.305 e. The van der Waals surface area contributed by atoms with E-state index in [2.05, 4.69) is 0 Å². The van der Waals surface area contributed by atoms with Gasteiger partial charge >= 0.3 is 5.97 Å². The molecule has 1 unspecified atom stereocenters. The molecule has 5 heteroatoms. The second kappa shape index (κ2) is 5.27. The first-order chi connectivity index (χ1) is 7.41. The minimum Gasteiger partial charge on any atom is -0.481 e. The normalized spacial score (nSPS) is 12.8. The molecule has 0 saturated heterocycles. The van der Waals surface area contributed by atoms with Crippen molar-refractivity contribution in [3.8, 4) is 0 Å². The fourth-order valence-electron chi connectivity index (χ4n) is 1.51. The molecule has 16 heavy (non-hydrogen) atoms. The van der Waals surface area contributed by atoms with Crippen molar-refractivity contribution in [3.63, 3.8) is 0 Å². The maximum atomic E-state index is 13.6. The largest absolute Gasteiger partial charge is 0.481 e. The Kier molecular flexibility index (Phi) is 4.26. The van der Waals surface area contributed by atoms with E-state index >= 15 is 0 Å². The van der Waals surface area contributed by atoms with Gasteiger partial charge in [0.05, 0.1) is 6.42 Å². The summed E-state index contributed by atoms with van der Waals surface area (Å²) in [6.45, 7) is 0. The summed E-state index contributed by atoms with van der Waals surface area (Å²) in [7, 11) is 3.42. The van der Waals surface area contributed by atoms with Crippen LogP contribution in [-0.4, -0.2) is 30.1 Å². The Labute approximate surface area is 98.4 Å². The average molecular weight is 246 g/mol. The van der Waals surface area contributed by atoms with Crippen molar-refractivity contribution in [3.05, 3.63) is 34.6 Å². The molecule has 0 aliphatic heterocycles. The van der Waals surface area contributed by atoms with Crippen LogP contribution in [0.5, 0.6) is 0 Å². The van der Waals surface area contributed by atoms with Crippen LogP contribution in [0.15, 0.2) is 18.2 Å². The number of carboxylic acid groups (broad SMARTS) is 1. The van der Waals surface area contributed by atoms with Crippen molar-refractivity contribution >= 4 is 17.6 Å². The summed E-state index contributed by atoms with van der Waals surface area (Å²) in [6.07, 6.45) is -0.147. The highest BCUT2D eigenvalue weighted by molar-refractivity contribution is 6.30. The maximum absolute atomic E-state index is 13.6. The van der Waals surface area contributed by atoms with E-state index in [1.54, 1.807) is 25.1 Å². The van der Waals surface area contributed by atoms with E-state index in [0.29, 0.717) is 10.6 Å². The van der Waals surface area contributed by atoms with Crippen LogP contribution >= 0.6 is 11.6 Å². The van der Waals surface area contributed by atoms with E-state index in [-0.39, 0.29) is 6.42 Å². The smallest absolute Gasteiger partial charge is 0.305 e. The van der Waals surface area contributed by atoms with Gasteiger partial charge in [-0.2, -0.15) is 0 Å². The molecule has 0 aliphatic rings. The molecular formula is C11H13ClFNO2. The number of carboxylic acids is 1. The monoisotopic (exact) mass is 245 g/mol. The van der Waals surface area contributed by atoms with Gasteiger partial charge in [0.1, 0.15) is 5.82 Å². The van der Waals surface area contributed by atoms with Gasteiger partial charge in [0.2, 0.25) is 0 Å². The first-order valence-electron chi connectivity index (χ1n) is 4.75. The predicted octanol–water partition coefficient (Wildman–Crippen LogP) is 2.56. The van der Waals surface area contributed by atoms with Crippen LogP contribution < -0.4 is 0 Å². The Morgan fingerprint density at radius 3 is 2.62 bits per heavy atom. The fourth-order valence-corrected chi connectivity index (χ4v) is 1.67. The van der Waals surface area contributed by atoms with E-state index in [1.807, 2.05) is 0 Å². The molecule has 1 N–H and O–H groups in total. The molecule has 1 aromatic rings. The van der Waals surface area contributed by atoms with E-state index in [9.17, 15) is 9.18 Å². The van der Waals surface area contributed by atoms with Gasteiger partial charge in [0.25, 0.3) is 0 Å². The van der Waals surface area contributed by atoms with E-state index < -0.39 is 17.8 Å². The fraction of sp³-hybridized carbons (Fsp3) is 0.364. The van der Waals surface area contributed by atoms with Crippen molar-refractivity contribution in [2.75, 3.05) is 14.1 Å². The van der Waals surface area contributed by atoms with Crippen LogP contribution in [0.1, 0.15) is 18.0 Å². The first-order valence-corrected chi connectivity index (χ1v) is 5.12. The van der Waals surface area contributed by atoms with Crippen molar-refractivity contribution in [2.24, 2.45) is 0 Å². The number of nitrogens with zero attached hydrogens (tertiary/aromatic N) is 1. The topological polar surface area (TPSA) is 40.5 Å². The summed E-state index contributed by atoms with van der Waals surface area (Å²) >= 11 is 5.64. The molecule has 1 rings (SSSR count). The molecule has 3 nitrogen and oxygen atoms in total. The molecule has 88 valence electrons. The average Bonchev–Trinajstić information content (AvgIpc) is 2.14. The third kappa shape index (κ3) is 3.18. The van der Waals surface area contributed by atoms with E-state index in [1.165, 1.54) is 12.1 Å². The minimum atomic E-state index is -0.965. The van der Waals surface area contributed by atoms with E-state index in [4.69, 9.17) is 16.7 Å². The van der Waals surface area contributed by atoms with Crippen LogP contribution in [0.3, 0.4) is 0 Å². The van der Waals surface area contributed by atoms with Crippen molar-refractivity contribution in [2.45, 2.75) is 12.5 Å². The Morgan fingerprint density at radius 2 is 2.19 bits per heavy atom. The van der Waals surface area contributed by atoms with Crippen LogP contribution in [-0.2, 0) is 4.79 Å². The van der Waals surface area contributed by atoms with Gasteiger partial charge in [-0.05, 0) is 26.2 Å². The summed E-state index contributed by atoms with van der Waals surface area (Å²) in [5, 5.41) is 9.06. The number of halogens is 2. The number of aliphatic carboxylic acids is 1. The van der Waals surface area contributed by atoms with Crippen molar-refractivity contribution in [1.82, 2.24) is 4.90 Å². The van der Waals surface area contributed by atoms with E-state index in [0.717, 1.165) is 0 Å². The lowest BCUT2D eigenvalue weighted by Crippen LogP contribution is -2.23. The van der Waals surface area contributed by atoms with Crippen LogP contribution in [0.25, 0.3) is 0 Å². The minimum absolute atomic E-state index is 0.147. The Balaban J connectivity index is 3.05. The summed E-state index contributed by atoms with van der Waals surface area (Å²) in [5.74, 6) is -1.44. The van der Waals surface area contributed by atoms with Crippen LogP contribution in [0, 0.1) is 5.82 Å². The summed E-state index contributed by atoms with van der Waals surface area (Å²) < 4.78 is 13.6. The molecule has 1 aromatic carbocycles. The molecule has 0 spiro atoms. The summed E-state index contributed by atoms with van der Waals surface area (Å²) in [5.41, 5.74) is 0.344. The third-order valence-corrected chi connectivity index (χ3v) is 2.55. The predicted molar refractivity (Wildman–Crippen MR) is 60.1 cm³/mol. The number of hydrogen-bond acceptors (Lipinski definition) is 2. The molecule has 0 amide bonds. The standard InChI is InChI=1S/C11H13ClFNO2/c1-14(2)10(6-11(15)16)8-4-3-7(12)5-9(8)13/h3-5,10H,6H2,1-2H3,(H,15,16). The zero-order valence-corrected chi connectivity index (χ0v) is 9.83. The lowest BCUT2D eigenvalue weighted by atomic mass is 10.0. The molecule has 0 bridgehead atoms. The van der Waals surface area contributed by atoms with Gasteiger partial charge in [-0.25, -0.2) is 4.39 Å². The third-order valence-electron chi connectivity index (χ3n) is 2.31. The Morgan fingerprint density at radius 1 is 1.56 bits per heavy atom. The SMILES string of the molecule is CN(C)C(CC(=O)O)c1ccc(Cl)cc1F. The summed E-state index contributed by atoms with van der Waals surface area (Å²) in [4.78, 5) is 12.4. The lowest BCUT2D eigenvalue weighted by molar-refractivity contribution is -0.138. The number of rotatable bonds is 4. The van der Waals surface area contributed by atoms with Gasteiger partial charge in [-0.3, -0.25) is 4.79 Å². The molecule has 0 aliphatic carbocycles. The lowest BCUT2D eigenvalue weighted by Gasteiger charge is -2.23. The number of hydrogen-bond donors (Lipinski definition) is 1. The first kappa shape index (κ1) is 12.9. The molecule has 0 radical (unpaired) electrons. The number of carbonyl (C=O) groups is 1. The molecule has 0 saturated carbocycles. The van der Waals surface area contributed by atoms with Crippen molar-refractivity contribution < 1.29 is 14.3 Å². The highest BCUT2D eigenvalue weighted by Crippen LogP contribution is 2.26. The summed E-state index contributed by atoms with van der Waals surface area (Å²) in [6, 6.07) is 3.77.